The van der Waals surface area contributed by atoms with Crippen molar-refractivity contribution in [2.45, 2.75) is 20.0 Å². The molecule has 3 aromatic rings. The van der Waals surface area contributed by atoms with Gasteiger partial charge >= 0.3 is 0 Å². The summed E-state index contributed by atoms with van der Waals surface area (Å²) < 4.78 is 19.1. The number of nitrogens with one attached hydrogen (secondary N) is 2. The van der Waals surface area contributed by atoms with Crippen molar-refractivity contribution in [3.63, 3.8) is 0 Å². The molecular weight excluding hydrogens is 331 g/mol. The monoisotopic (exact) mass is 352 g/mol. The second-order valence-corrected chi connectivity index (χ2v) is 5.83. The van der Waals surface area contributed by atoms with Crippen LogP contribution in [0.1, 0.15) is 16.8 Å². The molecular formula is C20H21FN4O. The Kier molecular flexibility index (Phi) is 5.63. The summed E-state index contributed by atoms with van der Waals surface area (Å²) in [5.41, 5.74) is 2.42. The fraction of sp³-hybridized carbons (Fsp3) is 0.200. The van der Waals surface area contributed by atoms with Crippen molar-refractivity contribution in [1.82, 2.24) is 9.97 Å². The zero-order chi connectivity index (χ0) is 18.4. The molecule has 134 valence electrons. The van der Waals surface area contributed by atoms with E-state index in [4.69, 9.17) is 4.74 Å². The molecule has 26 heavy (non-hydrogen) atoms. The highest BCUT2D eigenvalue weighted by Crippen LogP contribution is 2.19. The highest BCUT2D eigenvalue weighted by atomic mass is 19.1. The maximum Gasteiger partial charge on any atom is 0.225 e. The molecule has 0 fully saturated rings. The maximum atomic E-state index is 13.7. The van der Waals surface area contributed by atoms with Gasteiger partial charge in [0.25, 0.3) is 0 Å². The summed E-state index contributed by atoms with van der Waals surface area (Å²) in [7, 11) is 1.65. The number of anilines is 2. The van der Waals surface area contributed by atoms with Gasteiger partial charge in [-0.25, -0.2) is 9.37 Å². The van der Waals surface area contributed by atoms with Crippen LogP contribution in [0.5, 0.6) is 5.75 Å². The van der Waals surface area contributed by atoms with Crippen LogP contribution < -0.4 is 15.4 Å². The van der Waals surface area contributed by atoms with Crippen LogP contribution in [0.2, 0.25) is 0 Å². The number of hydrogen-bond donors (Lipinski definition) is 2. The molecule has 1 aromatic heterocycles. The van der Waals surface area contributed by atoms with Crippen molar-refractivity contribution in [1.29, 1.82) is 0 Å². The topological polar surface area (TPSA) is 59.1 Å². The lowest BCUT2D eigenvalue weighted by Gasteiger charge is -2.12. The molecule has 0 atom stereocenters. The fourth-order valence-electron chi connectivity index (χ4n) is 2.59. The van der Waals surface area contributed by atoms with Gasteiger partial charge in [0, 0.05) is 36.0 Å². The normalized spacial score (nSPS) is 10.4. The van der Waals surface area contributed by atoms with Crippen molar-refractivity contribution in [3.05, 3.63) is 77.2 Å². The van der Waals surface area contributed by atoms with E-state index in [2.05, 4.69) is 20.6 Å². The van der Waals surface area contributed by atoms with E-state index in [-0.39, 0.29) is 5.82 Å². The smallest absolute Gasteiger partial charge is 0.225 e. The predicted octanol–water partition coefficient (Wildman–Crippen LogP) is 4.16. The highest BCUT2D eigenvalue weighted by Gasteiger charge is 2.06. The van der Waals surface area contributed by atoms with Gasteiger partial charge in [0.15, 0.2) is 0 Å². The Hall–Kier alpha value is -3.15. The van der Waals surface area contributed by atoms with Crippen LogP contribution in [0.15, 0.2) is 54.6 Å². The number of aromatic nitrogens is 2. The minimum atomic E-state index is -0.236. The summed E-state index contributed by atoms with van der Waals surface area (Å²) in [5.74, 6) is 1.72. The van der Waals surface area contributed by atoms with Crippen LogP contribution in [-0.2, 0) is 13.1 Å². The molecule has 3 rings (SSSR count). The van der Waals surface area contributed by atoms with Gasteiger partial charge in [-0.15, -0.1) is 0 Å². The van der Waals surface area contributed by atoms with Gasteiger partial charge in [-0.05, 0) is 19.1 Å². The molecule has 5 nitrogen and oxygen atoms in total. The lowest BCUT2D eigenvalue weighted by molar-refractivity contribution is 0.410. The van der Waals surface area contributed by atoms with E-state index < -0.39 is 0 Å². The largest absolute Gasteiger partial charge is 0.496 e. The van der Waals surface area contributed by atoms with Gasteiger partial charge in [-0.2, -0.15) is 4.98 Å². The Balaban J connectivity index is 1.68. The number of benzene rings is 2. The molecule has 0 aliphatic carbocycles. The van der Waals surface area contributed by atoms with Gasteiger partial charge in [-0.3, -0.25) is 0 Å². The Morgan fingerprint density at radius 2 is 1.62 bits per heavy atom. The number of nitrogens with zero attached hydrogens (tertiary/aromatic N) is 2. The van der Waals surface area contributed by atoms with Crippen LogP contribution in [-0.4, -0.2) is 17.1 Å². The van der Waals surface area contributed by atoms with Crippen LogP contribution in [0, 0.1) is 12.7 Å². The highest BCUT2D eigenvalue weighted by molar-refractivity contribution is 5.44. The third kappa shape index (κ3) is 4.47. The SMILES string of the molecule is COc1ccccc1CNc1nc(C)cc(NCc2ccccc2F)n1. The second-order valence-electron chi connectivity index (χ2n) is 5.83. The van der Waals surface area contributed by atoms with Crippen molar-refractivity contribution in [3.8, 4) is 5.75 Å². The second kappa shape index (κ2) is 8.29. The number of halogens is 1. The molecule has 1 heterocycles. The molecule has 0 aliphatic rings. The Bertz CT molecular complexity index is 885. The first-order valence-electron chi connectivity index (χ1n) is 8.34. The third-order valence-corrected chi connectivity index (χ3v) is 3.90. The Morgan fingerprint density at radius 1 is 0.923 bits per heavy atom. The third-order valence-electron chi connectivity index (χ3n) is 3.90. The minimum Gasteiger partial charge on any atom is -0.496 e. The van der Waals surface area contributed by atoms with Crippen LogP contribution in [0.25, 0.3) is 0 Å². The van der Waals surface area contributed by atoms with E-state index in [9.17, 15) is 4.39 Å². The van der Waals surface area contributed by atoms with E-state index in [0.29, 0.717) is 30.4 Å². The average molecular weight is 352 g/mol. The first-order valence-corrected chi connectivity index (χ1v) is 8.34. The summed E-state index contributed by atoms with van der Waals surface area (Å²) in [5, 5.41) is 6.36. The van der Waals surface area contributed by atoms with Gasteiger partial charge < -0.3 is 15.4 Å². The zero-order valence-electron chi connectivity index (χ0n) is 14.8. The minimum absolute atomic E-state index is 0.236. The Labute approximate surface area is 152 Å². The molecule has 0 aliphatic heterocycles. The quantitative estimate of drug-likeness (QED) is 0.669. The van der Waals surface area contributed by atoms with Crippen LogP contribution in [0.4, 0.5) is 16.2 Å². The van der Waals surface area contributed by atoms with Crippen molar-refractivity contribution in [2.75, 3.05) is 17.7 Å². The van der Waals surface area contributed by atoms with Gasteiger partial charge in [0.05, 0.1) is 7.11 Å². The predicted molar refractivity (Wildman–Crippen MR) is 101 cm³/mol. The molecule has 0 bridgehead atoms. The van der Waals surface area contributed by atoms with Gasteiger partial charge in [0.1, 0.15) is 17.4 Å². The lowest BCUT2D eigenvalue weighted by atomic mass is 10.2. The average Bonchev–Trinajstić information content (AvgIpc) is 2.65. The molecule has 0 spiro atoms. The number of rotatable bonds is 7. The zero-order valence-corrected chi connectivity index (χ0v) is 14.8. The van der Waals surface area contributed by atoms with Crippen LogP contribution in [0.3, 0.4) is 0 Å². The molecule has 0 amide bonds. The fourth-order valence-corrected chi connectivity index (χ4v) is 2.59. The standard InChI is InChI=1S/C20H21FN4O/c1-14-11-19(22-12-15-7-3-5-9-17(15)21)25-20(24-14)23-13-16-8-4-6-10-18(16)26-2/h3-11H,12-13H2,1-2H3,(H2,22,23,24,25). The van der Waals surface area contributed by atoms with Crippen molar-refractivity contribution >= 4 is 11.8 Å². The van der Waals surface area contributed by atoms with Gasteiger partial charge in [0.2, 0.25) is 5.95 Å². The van der Waals surface area contributed by atoms with Gasteiger partial charge in [-0.1, -0.05) is 36.4 Å². The first kappa shape index (κ1) is 17.7. The number of ether oxygens (including phenoxy) is 1. The summed E-state index contributed by atoms with van der Waals surface area (Å²) >= 11 is 0. The van der Waals surface area contributed by atoms with E-state index in [1.165, 1.54) is 6.07 Å². The molecule has 6 heteroatoms. The molecule has 2 N–H and O–H groups in total. The maximum absolute atomic E-state index is 13.7. The lowest BCUT2D eigenvalue weighted by Crippen LogP contribution is -2.09. The number of para-hydroxylation sites is 1. The summed E-state index contributed by atoms with van der Waals surface area (Å²) in [6.07, 6.45) is 0. The number of methoxy groups -OCH3 is 1. The van der Waals surface area contributed by atoms with E-state index in [1.807, 2.05) is 43.3 Å². The Morgan fingerprint density at radius 3 is 2.38 bits per heavy atom. The molecule has 0 saturated heterocycles. The molecule has 0 saturated carbocycles. The summed E-state index contributed by atoms with van der Waals surface area (Å²) in [6, 6.07) is 16.3. The summed E-state index contributed by atoms with van der Waals surface area (Å²) in [4.78, 5) is 8.85. The number of aryl methyl sites for hydroxylation is 1. The first-order chi connectivity index (χ1) is 12.7. The van der Waals surface area contributed by atoms with Crippen molar-refractivity contribution < 1.29 is 9.13 Å². The molecule has 2 aromatic carbocycles. The summed E-state index contributed by atoms with van der Waals surface area (Å²) in [6.45, 7) is 2.79. The van der Waals surface area contributed by atoms with E-state index >= 15 is 0 Å². The number of hydrogen-bond acceptors (Lipinski definition) is 5. The van der Waals surface area contributed by atoms with Crippen LogP contribution >= 0.6 is 0 Å². The van der Waals surface area contributed by atoms with E-state index in [1.54, 1.807) is 19.2 Å². The van der Waals surface area contributed by atoms with Crippen molar-refractivity contribution in [2.24, 2.45) is 0 Å². The molecule has 0 radical (unpaired) electrons. The van der Waals surface area contributed by atoms with E-state index in [0.717, 1.165) is 17.0 Å². The molecule has 0 unspecified atom stereocenters.